The fraction of sp³-hybridized carbons (Fsp3) is 0.444. The van der Waals surface area contributed by atoms with Crippen LogP contribution in [0.5, 0.6) is 0 Å². The van der Waals surface area contributed by atoms with Crippen molar-refractivity contribution >= 4 is 26.5 Å². The van der Waals surface area contributed by atoms with E-state index in [-0.39, 0.29) is 17.7 Å². The van der Waals surface area contributed by atoms with Crippen LogP contribution in [0.3, 0.4) is 0 Å². The maximum absolute atomic E-state index is 12.6. The third-order valence-corrected chi connectivity index (χ3v) is 5.51. The summed E-state index contributed by atoms with van der Waals surface area (Å²) in [6.07, 6.45) is 4.56. The van der Waals surface area contributed by atoms with Crippen LogP contribution < -0.4 is 5.32 Å². The molecule has 0 atom stereocenters. The molecule has 7 heteroatoms. The van der Waals surface area contributed by atoms with E-state index >= 15 is 0 Å². The van der Waals surface area contributed by atoms with Crippen molar-refractivity contribution in [3.05, 3.63) is 42.2 Å². The number of nitrogens with zero attached hydrogens (tertiary/aromatic N) is 2. The zero-order valence-corrected chi connectivity index (χ0v) is 15.1. The summed E-state index contributed by atoms with van der Waals surface area (Å²) in [5.74, 6) is 0.0376. The number of hydrogen-bond acceptors (Lipinski definition) is 5. The number of piperidine rings is 1. The molecule has 6 nitrogen and oxygen atoms in total. The van der Waals surface area contributed by atoms with E-state index in [1.165, 1.54) is 6.26 Å². The average molecular weight is 361 g/mol. The SMILES string of the molecule is CS(=O)(=O)CCN1CCC(NC(=O)c2nccc3ccccc23)CC1. The Hall–Kier alpha value is -1.99. The summed E-state index contributed by atoms with van der Waals surface area (Å²) in [5, 5.41) is 4.93. The second kappa shape index (κ2) is 7.49. The first kappa shape index (κ1) is 17.8. The molecular weight excluding hydrogens is 338 g/mol. The maximum Gasteiger partial charge on any atom is 0.270 e. The molecule has 25 heavy (non-hydrogen) atoms. The van der Waals surface area contributed by atoms with Crippen LogP contribution in [0.2, 0.25) is 0 Å². The van der Waals surface area contributed by atoms with Crippen molar-refractivity contribution in [2.75, 3.05) is 31.6 Å². The zero-order chi connectivity index (χ0) is 17.9. The molecule has 1 saturated heterocycles. The predicted molar refractivity (Wildman–Crippen MR) is 98.4 cm³/mol. The highest BCUT2D eigenvalue weighted by molar-refractivity contribution is 7.90. The highest BCUT2D eigenvalue weighted by Crippen LogP contribution is 2.17. The molecule has 0 unspecified atom stereocenters. The van der Waals surface area contributed by atoms with E-state index in [0.717, 1.165) is 36.7 Å². The van der Waals surface area contributed by atoms with Crippen LogP contribution in [0.4, 0.5) is 0 Å². The lowest BCUT2D eigenvalue weighted by Crippen LogP contribution is -2.45. The van der Waals surface area contributed by atoms with Crippen LogP contribution >= 0.6 is 0 Å². The number of pyridine rings is 1. The molecule has 0 bridgehead atoms. The number of aromatic nitrogens is 1. The summed E-state index contributed by atoms with van der Waals surface area (Å²) >= 11 is 0. The fourth-order valence-corrected chi connectivity index (χ4v) is 3.74. The van der Waals surface area contributed by atoms with Gasteiger partial charge in [-0.25, -0.2) is 8.42 Å². The lowest BCUT2D eigenvalue weighted by Gasteiger charge is -2.32. The minimum atomic E-state index is -2.93. The van der Waals surface area contributed by atoms with Gasteiger partial charge in [0.05, 0.1) is 5.75 Å². The summed E-state index contributed by atoms with van der Waals surface area (Å²) < 4.78 is 22.5. The van der Waals surface area contributed by atoms with Crippen molar-refractivity contribution in [3.8, 4) is 0 Å². The van der Waals surface area contributed by atoms with Crippen LogP contribution in [0, 0.1) is 0 Å². The average Bonchev–Trinajstić information content (AvgIpc) is 2.60. The van der Waals surface area contributed by atoms with E-state index in [9.17, 15) is 13.2 Å². The maximum atomic E-state index is 12.6. The summed E-state index contributed by atoms with van der Waals surface area (Å²) in [6, 6.07) is 9.71. The van der Waals surface area contributed by atoms with Crippen LogP contribution in [0.25, 0.3) is 10.8 Å². The van der Waals surface area contributed by atoms with Gasteiger partial charge in [0.1, 0.15) is 15.5 Å². The van der Waals surface area contributed by atoms with Crippen molar-refractivity contribution in [1.29, 1.82) is 0 Å². The van der Waals surface area contributed by atoms with E-state index in [2.05, 4.69) is 15.2 Å². The van der Waals surface area contributed by atoms with Gasteiger partial charge in [0.15, 0.2) is 0 Å². The number of carbonyl (C=O) groups excluding carboxylic acids is 1. The molecule has 134 valence electrons. The van der Waals surface area contributed by atoms with Crippen LogP contribution in [0.1, 0.15) is 23.3 Å². The first-order valence-electron chi connectivity index (χ1n) is 8.47. The third-order valence-electron chi connectivity index (χ3n) is 4.59. The summed E-state index contributed by atoms with van der Waals surface area (Å²) in [4.78, 5) is 19.0. The predicted octanol–water partition coefficient (Wildman–Crippen LogP) is 1.47. The number of rotatable bonds is 5. The number of amides is 1. The number of benzene rings is 1. The van der Waals surface area contributed by atoms with Gasteiger partial charge in [-0.1, -0.05) is 24.3 Å². The summed E-state index contributed by atoms with van der Waals surface area (Å²) in [7, 11) is -2.93. The Morgan fingerprint density at radius 3 is 2.68 bits per heavy atom. The number of fused-ring (bicyclic) bond motifs is 1. The Labute approximate surface area is 148 Å². The molecule has 1 aliphatic heterocycles. The normalized spacial score (nSPS) is 16.8. The summed E-state index contributed by atoms with van der Waals surface area (Å²) in [5.41, 5.74) is 0.456. The van der Waals surface area contributed by atoms with Crippen molar-refractivity contribution in [2.45, 2.75) is 18.9 Å². The standard InChI is InChI=1S/C18H23N3O3S/c1-25(23,24)13-12-21-10-7-15(8-11-21)20-18(22)17-16-5-3-2-4-14(16)6-9-19-17/h2-6,9,15H,7-8,10-13H2,1H3,(H,20,22). The molecule has 1 N–H and O–H groups in total. The molecule has 0 radical (unpaired) electrons. The summed E-state index contributed by atoms with van der Waals surface area (Å²) in [6.45, 7) is 2.15. The molecule has 1 fully saturated rings. The van der Waals surface area contributed by atoms with Crippen molar-refractivity contribution in [2.24, 2.45) is 0 Å². The highest BCUT2D eigenvalue weighted by Gasteiger charge is 2.22. The monoisotopic (exact) mass is 361 g/mol. The van der Waals surface area contributed by atoms with E-state index in [4.69, 9.17) is 0 Å². The molecule has 2 aromatic rings. The van der Waals surface area contributed by atoms with E-state index in [0.29, 0.717) is 12.2 Å². The Balaban J connectivity index is 1.58. The molecular formula is C18H23N3O3S. The number of carbonyl (C=O) groups is 1. The van der Waals surface area contributed by atoms with Gasteiger partial charge < -0.3 is 10.2 Å². The van der Waals surface area contributed by atoms with Crippen LogP contribution in [0.15, 0.2) is 36.5 Å². The lowest BCUT2D eigenvalue weighted by molar-refractivity contribution is 0.0909. The van der Waals surface area contributed by atoms with Gasteiger partial charge in [-0.05, 0) is 24.3 Å². The van der Waals surface area contributed by atoms with Crippen LogP contribution in [-0.4, -0.2) is 61.9 Å². The van der Waals surface area contributed by atoms with E-state index in [1.807, 2.05) is 30.3 Å². The van der Waals surface area contributed by atoms with Crippen molar-refractivity contribution in [1.82, 2.24) is 15.2 Å². The Bertz CT molecular complexity index is 854. The highest BCUT2D eigenvalue weighted by atomic mass is 32.2. The van der Waals surface area contributed by atoms with Gasteiger partial charge in [0.2, 0.25) is 0 Å². The molecule has 0 spiro atoms. The number of likely N-dealkylation sites (tertiary alicyclic amines) is 1. The van der Waals surface area contributed by atoms with Gasteiger partial charge in [-0.15, -0.1) is 0 Å². The third kappa shape index (κ3) is 4.76. The van der Waals surface area contributed by atoms with Gasteiger partial charge >= 0.3 is 0 Å². The molecule has 1 aliphatic rings. The van der Waals surface area contributed by atoms with E-state index in [1.54, 1.807) is 6.20 Å². The number of hydrogen-bond donors (Lipinski definition) is 1. The molecule has 1 amide bonds. The molecule has 1 aromatic carbocycles. The molecule has 1 aromatic heterocycles. The van der Waals surface area contributed by atoms with Crippen molar-refractivity contribution < 1.29 is 13.2 Å². The molecule has 0 aliphatic carbocycles. The Morgan fingerprint density at radius 1 is 1.24 bits per heavy atom. The molecule has 3 rings (SSSR count). The van der Waals surface area contributed by atoms with Crippen molar-refractivity contribution in [3.63, 3.8) is 0 Å². The van der Waals surface area contributed by atoms with Gasteiger partial charge in [-0.2, -0.15) is 0 Å². The number of nitrogens with one attached hydrogen (secondary N) is 1. The lowest BCUT2D eigenvalue weighted by atomic mass is 10.0. The Morgan fingerprint density at radius 2 is 1.96 bits per heavy atom. The first-order chi connectivity index (χ1) is 11.9. The quantitative estimate of drug-likeness (QED) is 0.872. The van der Waals surface area contributed by atoms with Gasteiger partial charge in [0.25, 0.3) is 5.91 Å². The zero-order valence-electron chi connectivity index (χ0n) is 14.3. The topological polar surface area (TPSA) is 79.4 Å². The largest absolute Gasteiger partial charge is 0.348 e. The molecule has 2 heterocycles. The van der Waals surface area contributed by atoms with Gasteiger partial charge in [-0.3, -0.25) is 9.78 Å². The second-order valence-corrected chi connectivity index (χ2v) is 8.86. The fourth-order valence-electron chi connectivity index (χ4n) is 3.15. The Kier molecular flexibility index (Phi) is 5.34. The van der Waals surface area contributed by atoms with Crippen LogP contribution in [-0.2, 0) is 9.84 Å². The van der Waals surface area contributed by atoms with Gasteiger partial charge in [0, 0.05) is 43.5 Å². The second-order valence-electron chi connectivity index (χ2n) is 6.60. The minimum absolute atomic E-state index is 0.0998. The van der Waals surface area contributed by atoms with E-state index < -0.39 is 9.84 Å². The number of sulfone groups is 1. The first-order valence-corrected chi connectivity index (χ1v) is 10.5. The smallest absolute Gasteiger partial charge is 0.270 e. The minimum Gasteiger partial charge on any atom is -0.348 e. The molecule has 0 saturated carbocycles.